The standard InChI is InChI=1S/5Gd.2Tl. The Bertz CT molecular complexity index is 6.04. The van der Waals surface area contributed by atoms with Crippen LogP contribution in [0.2, 0.25) is 0 Å². The van der Waals surface area contributed by atoms with Crippen molar-refractivity contribution in [2.45, 2.75) is 0 Å². The van der Waals surface area contributed by atoms with E-state index in [9.17, 15) is 0 Å². The first-order valence-corrected chi connectivity index (χ1v) is 0. The van der Waals surface area contributed by atoms with Gasteiger partial charge in [0.15, 0.2) is 0 Å². The van der Waals surface area contributed by atoms with Crippen LogP contribution in [0.4, 0.5) is 0 Å². The van der Waals surface area contributed by atoms with Crippen LogP contribution in [0, 0.1) is 200 Å². The molecule has 0 aliphatic heterocycles. The molecule has 0 aromatic carbocycles. The molecule has 0 amide bonds. The SMILES string of the molecule is [Gd].[Gd].[Gd].[Gd].[Gd].[Tl].[Tl]. The summed E-state index contributed by atoms with van der Waals surface area (Å²) in [6, 6.07) is 0. The van der Waals surface area contributed by atoms with E-state index in [1.165, 1.54) is 0 Å². The summed E-state index contributed by atoms with van der Waals surface area (Å²) < 4.78 is 0. The zero-order valence-corrected chi connectivity index (χ0v) is 23.2. The van der Waals surface area contributed by atoms with Gasteiger partial charge in [0.1, 0.15) is 0 Å². The van der Waals surface area contributed by atoms with Crippen molar-refractivity contribution in [1.82, 2.24) is 0 Å². The van der Waals surface area contributed by atoms with Crippen molar-refractivity contribution in [1.29, 1.82) is 0 Å². The predicted octanol–water partition coefficient (Wildman–Crippen LogP) is -0.762. The minimum Gasteiger partial charge on any atom is 0 e. The Kier molecular flexibility index (Phi) is 236. The normalized spacial score (nSPS) is 0. The topological polar surface area (TPSA) is 0 Å². The maximum atomic E-state index is 0. The van der Waals surface area contributed by atoms with Crippen molar-refractivity contribution < 1.29 is 200 Å². The Hall–Kier alpha value is 8.47. The summed E-state index contributed by atoms with van der Waals surface area (Å²) in [4.78, 5) is 0. The van der Waals surface area contributed by atoms with E-state index in [1.807, 2.05) is 0 Å². The zero-order chi connectivity index (χ0) is 0. The zero-order valence-electron chi connectivity index (χ0n) is 2.92. The molecule has 0 aliphatic rings. The molecule has 2 radical (unpaired) electrons. The number of hydrogen-bond donors (Lipinski definition) is 0. The van der Waals surface area contributed by atoms with Crippen LogP contribution in [0.1, 0.15) is 0 Å². The quantitative estimate of drug-likeness (QED) is 0.281. The Morgan fingerprint density at radius 3 is 0.286 bits per heavy atom. The smallest absolute Gasteiger partial charge is 0 e. The van der Waals surface area contributed by atoms with Gasteiger partial charge in [-0.15, -0.1) is 0 Å². The van der Waals surface area contributed by atoms with Crippen LogP contribution in [0.3, 0.4) is 0 Å². The first-order valence-electron chi connectivity index (χ1n) is 0. The average Bonchev–Trinajstić information content (AvgIpc) is 0. The molecule has 0 heterocycles. The Morgan fingerprint density at radius 2 is 0.286 bits per heavy atom. The van der Waals surface area contributed by atoms with Crippen molar-refractivity contribution in [3.63, 3.8) is 0 Å². The van der Waals surface area contributed by atoms with Gasteiger partial charge in [-0.2, -0.15) is 0 Å². The maximum absolute atomic E-state index is 0. The van der Waals surface area contributed by atoms with Gasteiger partial charge in [-0.3, -0.25) is 0 Å². The van der Waals surface area contributed by atoms with Gasteiger partial charge in [0.25, 0.3) is 0 Å². The summed E-state index contributed by atoms with van der Waals surface area (Å²) in [5.41, 5.74) is 0. The third-order valence-electron chi connectivity index (χ3n) is 0. The van der Waals surface area contributed by atoms with E-state index < -0.39 is 0 Å². The molecule has 0 aromatic rings. The van der Waals surface area contributed by atoms with E-state index in [-0.39, 0.29) is 254 Å². The van der Waals surface area contributed by atoms with Crippen molar-refractivity contribution >= 4 is 54.6 Å². The summed E-state index contributed by atoms with van der Waals surface area (Å²) >= 11 is 0. The van der Waals surface area contributed by atoms with Gasteiger partial charge in [-0.05, 0) is 0 Å². The molecule has 0 spiro atoms. The third-order valence-corrected chi connectivity index (χ3v) is 0. The average molecular weight is 1200 g/mol. The largest absolute Gasteiger partial charge is 0 e. The van der Waals surface area contributed by atoms with E-state index in [0.29, 0.717) is 0 Å². The minimum absolute atomic E-state index is 0. The van der Waals surface area contributed by atoms with Crippen LogP contribution < -0.4 is 0 Å². The molecular formula is Gd5Tl2. The molecule has 7 heavy (non-hydrogen) atoms. The third kappa shape index (κ3) is 31.4. The van der Waals surface area contributed by atoms with Crippen LogP contribution in [-0.2, 0) is 0 Å². The van der Waals surface area contributed by atoms with Gasteiger partial charge in [-0.1, -0.05) is 0 Å². The molecule has 0 fully saturated rings. The van der Waals surface area contributed by atoms with Crippen LogP contribution >= 0.6 is 0 Å². The fourth-order valence-corrected chi connectivity index (χ4v) is 0. The summed E-state index contributed by atoms with van der Waals surface area (Å²) in [5, 5.41) is 0. The number of hydrogen-bond acceptors (Lipinski definition) is 0. The van der Waals surface area contributed by atoms with E-state index in [1.54, 1.807) is 0 Å². The van der Waals surface area contributed by atoms with Gasteiger partial charge in [-0.25, -0.2) is 0 Å². The summed E-state index contributed by atoms with van der Waals surface area (Å²) in [7, 11) is 0. The molecule has 0 saturated heterocycles. The molecule has 0 saturated carbocycles. The van der Waals surface area contributed by atoms with Crippen molar-refractivity contribution in [3.8, 4) is 0 Å². The van der Waals surface area contributed by atoms with Crippen molar-refractivity contribution in [2.75, 3.05) is 0 Å². The van der Waals surface area contributed by atoms with Gasteiger partial charge in [0, 0.05) is 254 Å². The molecule has 0 N–H and O–H groups in total. The molecule has 0 aromatic heterocycles. The monoisotopic (exact) mass is 1200 g/mol. The fourth-order valence-electron chi connectivity index (χ4n) is 0. The van der Waals surface area contributed by atoms with E-state index in [4.69, 9.17) is 0 Å². The van der Waals surface area contributed by atoms with Gasteiger partial charge in [0.05, 0.1) is 0 Å². The molecule has 0 bridgehead atoms. The molecule has 0 aliphatic carbocycles. The van der Waals surface area contributed by atoms with Crippen LogP contribution in [-0.4, -0.2) is 54.6 Å². The fraction of sp³-hybridized carbons (Fsp3) is 0. The van der Waals surface area contributed by atoms with Gasteiger partial charge >= 0.3 is 0 Å². The Morgan fingerprint density at radius 1 is 0.286 bits per heavy atom. The second-order valence-electron chi connectivity index (χ2n) is 0. The molecule has 0 atom stereocenters. The molecule has 46 valence electrons. The summed E-state index contributed by atoms with van der Waals surface area (Å²) in [5.74, 6) is 0. The molecule has 7 heteroatoms. The van der Waals surface area contributed by atoms with Crippen LogP contribution in [0.5, 0.6) is 0 Å². The predicted molar refractivity (Wildman–Crippen MR) is 11.5 cm³/mol. The Balaban J connectivity index is 0. The van der Waals surface area contributed by atoms with Gasteiger partial charge in [0.2, 0.25) is 0 Å². The van der Waals surface area contributed by atoms with E-state index in [2.05, 4.69) is 0 Å². The second-order valence-corrected chi connectivity index (χ2v) is 0. The van der Waals surface area contributed by atoms with Gasteiger partial charge < -0.3 is 0 Å². The molecular weight excluding hydrogens is 1200 g/mol. The molecule has 0 unspecified atom stereocenters. The van der Waals surface area contributed by atoms with E-state index in [0.717, 1.165) is 0 Å². The van der Waals surface area contributed by atoms with Crippen LogP contribution in [0.15, 0.2) is 0 Å². The second kappa shape index (κ2) is 36.6. The molecule has 0 rings (SSSR count). The van der Waals surface area contributed by atoms with Crippen LogP contribution in [0.25, 0.3) is 0 Å². The van der Waals surface area contributed by atoms with Crippen molar-refractivity contribution in [2.24, 2.45) is 0 Å². The Labute approximate surface area is 245 Å². The first-order chi connectivity index (χ1) is 0. The maximum Gasteiger partial charge on any atom is 0 e. The van der Waals surface area contributed by atoms with E-state index >= 15 is 0 Å². The summed E-state index contributed by atoms with van der Waals surface area (Å²) in [6.45, 7) is 0. The van der Waals surface area contributed by atoms with Crippen molar-refractivity contribution in [3.05, 3.63) is 0 Å². The minimum atomic E-state index is 0. The first kappa shape index (κ1) is 45.2. The summed E-state index contributed by atoms with van der Waals surface area (Å²) in [6.07, 6.45) is 0. The molecule has 0 nitrogen and oxygen atoms in total. The number of rotatable bonds is 0.